The maximum Gasteiger partial charge on any atom is 0.165 e. The zero-order valence-corrected chi connectivity index (χ0v) is 9.63. The molecule has 1 N–H and O–H groups in total. The predicted molar refractivity (Wildman–Crippen MR) is 59.4 cm³/mol. The van der Waals surface area contributed by atoms with Crippen LogP contribution in [0.2, 0.25) is 0 Å². The molecule has 1 aromatic rings. The quantitative estimate of drug-likeness (QED) is 0.821. The van der Waals surface area contributed by atoms with Crippen LogP contribution in [0, 0.1) is 11.6 Å². The third-order valence-corrected chi connectivity index (χ3v) is 2.50. The molecule has 0 amide bonds. The molecule has 0 radical (unpaired) electrons. The second-order valence-electron chi connectivity index (χ2n) is 3.97. The number of benzene rings is 1. The summed E-state index contributed by atoms with van der Waals surface area (Å²) in [4.78, 5) is 0. The van der Waals surface area contributed by atoms with Gasteiger partial charge in [-0.25, -0.2) is 8.78 Å². The van der Waals surface area contributed by atoms with Crippen molar-refractivity contribution < 1.29 is 18.3 Å². The van der Waals surface area contributed by atoms with E-state index in [0.29, 0.717) is 13.2 Å². The summed E-state index contributed by atoms with van der Waals surface area (Å²) in [6.45, 7) is 3.93. The molecule has 1 unspecified atom stereocenters. The Bertz CT molecular complexity index is 398. The van der Waals surface area contributed by atoms with Crippen molar-refractivity contribution >= 4 is 0 Å². The lowest BCUT2D eigenvalue weighted by molar-refractivity contribution is 0.0893. The first kappa shape index (κ1) is 12.1. The van der Waals surface area contributed by atoms with E-state index in [9.17, 15) is 8.78 Å². The topological polar surface area (TPSA) is 30.5 Å². The van der Waals surface area contributed by atoms with E-state index < -0.39 is 11.6 Å². The van der Waals surface area contributed by atoms with Crippen molar-refractivity contribution in [2.24, 2.45) is 0 Å². The number of rotatable bonds is 4. The van der Waals surface area contributed by atoms with Gasteiger partial charge in [0.05, 0.1) is 0 Å². The first-order chi connectivity index (χ1) is 8.20. The molecule has 17 heavy (non-hydrogen) atoms. The van der Waals surface area contributed by atoms with E-state index in [1.165, 1.54) is 0 Å². The van der Waals surface area contributed by atoms with Gasteiger partial charge in [-0.3, -0.25) is 0 Å². The van der Waals surface area contributed by atoms with Crippen LogP contribution in [0.1, 0.15) is 13.3 Å². The molecule has 2 rings (SSSR count). The molecular formula is C12H15F2NO2. The average Bonchev–Trinajstić information content (AvgIpc) is 2.31. The van der Waals surface area contributed by atoms with Crippen molar-refractivity contribution in [2.45, 2.75) is 19.4 Å². The highest BCUT2D eigenvalue weighted by Crippen LogP contribution is 2.33. The second-order valence-corrected chi connectivity index (χ2v) is 3.97. The number of hydrogen-bond acceptors (Lipinski definition) is 3. The number of ether oxygens (including phenoxy) is 2. The fraction of sp³-hybridized carbons (Fsp3) is 0.500. The molecule has 0 aromatic heterocycles. The van der Waals surface area contributed by atoms with Crippen LogP contribution in [0.5, 0.6) is 11.5 Å². The normalized spacial score (nSPS) is 18.2. The Morgan fingerprint density at radius 3 is 2.71 bits per heavy atom. The summed E-state index contributed by atoms with van der Waals surface area (Å²) in [7, 11) is 0. The summed E-state index contributed by atoms with van der Waals surface area (Å²) in [6, 6.07) is 2.04. The molecular weight excluding hydrogens is 228 g/mol. The smallest absolute Gasteiger partial charge is 0.165 e. The van der Waals surface area contributed by atoms with Gasteiger partial charge in [0.1, 0.15) is 12.7 Å². The molecule has 1 aromatic carbocycles. The van der Waals surface area contributed by atoms with Crippen LogP contribution in [0.3, 0.4) is 0 Å². The highest BCUT2D eigenvalue weighted by Gasteiger charge is 2.22. The highest BCUT2D eigenvalue weighted by molar-refractivity contribution is 5.42. The van der Waals surface area contributed by atoms with E-state index in [2.05, 4.69) is 12.2 Å². The van der Waals surface area contributed by atoms with E-state index >= 15 is 0 Å². The van der Waals surface area contributed by atoms with E-state index in [4.69, 9.17) is 9.47 Å². The van der Waals surface area contributed by atoms with E-state index in [1.807, 2.05) is 0 Å². The number of fused-ring (bicyclic) bond motifs is 1. The molecule has 3 nitrogen and oxygen atoms in total. The Labute approximate surface area is 98.7 Å². The van der Waals surface area contributed by atoms with Crippen molar-refractivity contribution in [3.63, 3.8) is 0 Å². The molecule has 1 aliphatic rings. The second kappa shape index (κ2) is 5.31. The van der Waals surface area contributed by atoms with Crippen LogP contribution in [-0.2, 0) is 0 Å². The minimum atomic E-state index is -0.922. The number of nitrogens with one attached hydrogen (secondary N) is 1. The molecule has 0 fully saturated rings. The minimum absolute atomic E-state index is 0.168. The van der Waals surface area contributed by atoms with Gasteiger partial charge in [0, 0.05) is 18.7 Å². The third-order valence-electron chi connectivity index (χ3n) is 2.50. The average molecular weight is 243 g/mol. The summed E-state index contributed by atoms with van der Waals surface area (Å²) in [6.07, 6.45) is 0.864. The fourth-order valence-corrected chi connectivity index (χ4v) is 1.65. The SMILES string of the molecule is CCCNCC1COc2cc(F)c(F)cc2O1. The summed E-state index contributed by atoms with van der Waals surface area (Å²) >= 11 is 0. The van der Waals surface area contributed by atoms with E-state index in [-0.39, 0.29) is 17.6 Å². The Morgan fingerprint density at radius 2 is 2.00 bits per heavy atom. The van der Waals surface area contributed by atoms with Crippen molar-refractivity contribution in [1.82, 2.24) is 5.32 Å². The lowest BCUT2D eigenvalue weighted by Gasteiger charge is -2.26. The number of hydrogen-bond donors (Lipinski definition) is 1. The van der Waals surface area contributed by atoms with Gasteiger partial charge in [-0.15, -0.1) is 0 Å². The number of halogens is 2. The third kappa shape index (κ3) is 2.85. The molecule has 0 aliphatic carbocycles. The molecule has 1 atom stereocenters. The molecule has 1 heterocycles. The summed E-state index contributed by atoms with van der Waals surface area (Å²) in [5, 5.41) is 3.19. The summed E-state index contributed by atoms with van der Waals surface area (Å²) in [5.74, 6) is -1.32. The minimum Gasteiger partial charge on any atom is -0.486 e. The van der Waals surface area contributed by atoms with Crippen LogP contribution in [0.15, 0.2) is 12.1 Å². The molecule has 0 saturated heterocycles. The van der Waals surface area contributed by atoms with Crippen LogP contribution in [-0.4, -0.2) is 25.8 Å². The first-order valence-corrected chi connectivity index (χ1v) is 5.70. The predicted octanol–water partition coefficient (Wildman–Crippen LogP) is 2.10. The van der Waals surface area contributed by atoms with Crippen molar-refractivity contribution in [2.75, 3.05) is 19.7 Å². The molecule has 0 saturated carbocycles. The fourth-order valence-electron chi connectivity index (χ4n) is 1.65. The molecule has 1 aliphatic heterocycles. The monoisotopic (exact) mass is 243 g/mol. The van der Waals surface area contributed by atoms with Gasteiger partial charge in [0.25, 0.3) is 0 Å². The van der Waals surface area contributed by atoms with Crippen molar-refractivity contribution in [1.29, 1.82) is 0 Å². The summed E-state index contributed by atoms with van der Waals surface area (Å²) in [5.41, 5.74) is 0. The van der Waals surface area contributed by atoms with Gasteiger partial charge in [0.2, 0.25) is 0 Å². The van der Waals surface area contributed by atoms with Gasteiger partial charge in [-0.1, -0.05) is 6.92 Å². The van der Waals surface area contributed by atoms with Gasteiger partial charge in [-0.05, 0) is 13.0 Å². The van der Waals surface area contributed by atoms with Crippen molar-refractivity contribution in [3.8, 4) is 11.5 Å². The standard InChI is InChI=1S/C12H15F2NO2/c1-2-3-15-6-8-7-16-11-4-9(13)10(14)5-12(11)17-8/h4-5,8,15H,2-3,6-7H2,1H3. The van der Waals surface area contributed by atoms with Crippen molar-refractivity contribution in [3.05, 3.63) is 23.8 Å². The maximum atomic E-state index is 13.0. The van der Waals surface area contributed by atoms with Crippen LogP contribution >= 0.6 is 0 Å². The van der Waals surface area contributed by atoms with E-state index in [1.54, 1.807) is 0 Å². The zero-order valence-electron chi connectivity index (χ0n) is 9.63. The molecule has 0 bridgehead atoms. The largest absolute Gasteiger partial charge is 0.486 e. The lowest BCUT2D eigenvalue weighted by Crippen LogP contribution is -2.38. The van der Waals surface area contributed by atoms with Gasteiger partial charge in [0.15, 0.2) is 23.1 Å². The Hall–Kier alpha value is -1.36. The highest BCUT2D eigenvalue weighted by atomic mass is 19.2. The van der Waals surface area contributed by atoms with Gasteiger partial charge < -0.3 is 14.8 Å². The molecule has 5 heteroatoms. The molecule has 94 valence electrons. The first-order valence-electron chi connectivity index (χ1n) is 5.70. The molecule has 0 spiro atoms. The lowest BCUT2D eigenvalue weighted by atomic mass is 10.2. The van der Waals surface area contributed by atoms with E-state index in [0.717, 1.165) is 25.1 Å². The zero-order chi connectivity index (χ0) is 12.3. The maximum absolute atomic E-state index is 13.0. The van der Waals surface area contributed by atoms with Crippen LogP contribution in [0.4, 0.5) is 8.78 Å². The van der Waals surface area contributed by atoms with Gasteiger partial charge >= 0.3 is 0 Å². The van der Waals surface area contributed by atoms with Crippen LogP contribution < -0.4 is 14.8 Å². The Kier molecular flexibility index (Phi) is 3.78. The summed E-state index contributed by atoms with van der Waals surface area (Å²) < 4.78 is 36.8. The van der Waals surface area contributed by atoms with Crippen LogP contribution in [0.25, 0.3) is 0 Å². The Morgan fingerprint density at radius 1 is 1.29 bits per heavy atom. The Balaban J connectivity index is 2.00. The van der Waals surface area contributed by atoms with Gasteiger partial charge in [-0.2, -0.15) is 0 Å².